The highest BCUT2D eigenvalue weighted by Crippen LogP contribution is 2.22. The second-order valence-electron chi connectivity index (χ2n) is 6.48. The number of amides is 2. The SMILES string of the molecule is CC(C)c1nc2cc(C(=O)NCCN3CCCCC3=O)ccc2o1. The Kier molecular flexibility index (Phi) is 4.83. The zero-order chi connectivity index (χ0) is 17.1. The molecule has 1 aliphatic rings. The maximum Gasteiger partial charge on any atom is 0.251 e. The fraction of sp³-hybridized carbons (Fsp3) is 0.500. The summed E-state index contributed by atoms with van der Waals surface area (Å²) in [6.45, 7) is 5.84. The van der Waals surface area contributed by atoms with Gasteiger partial charge in [0, 0.05) is 37.5 Å². The number of fused-ring (bicyclic) bond motifs is 1. The third-order valence-electron chi connectivity index (χ3n) is 4.25. The van der Waals surface area contributed by atoms with Gasteiger partial charge in [0.2, 0.25) is 5.91 Å². The van der Waals surface area contributed by atoms with E-state index in [2.05, 4.69) is 10.3 Å². The number of hydrogen-bond acceptors (Lipinski definition) is 4. The van der Waals surface area contributed by atoms with Gasteiger partial charge < -0.3 is 14.6 Å². The quantitative estimate of drug-likeness (QED) is 0.915. The molecular formula is C18H23N3O3. The lowest BCUT2D eigenvalue weighted by Gasteiger charge is -2.26. The number of likely N-dealkylation sites (tertiary alicyclic amines) is 1. The van der Waals surface area contributed by atoms with Gasteiger partial charge in [-0.3, -0.25) is 9.59 Å². The molecule has 0 unspecified atom stereocenters. The van der Waals surface area contributed by atoms with Gasteiger partial charge in [-0.25, -0.2) is 4.98 Å². The van der Waals surface area contributed by atoms with Crippen LogP contribution in [0.5, 0.6) is 0 Å². The van der Waals surface area contributed by atoms with Crippen LogP contribution in [0.15, 0.2) is 22.6 Å². The van der Waals surface area contributed by atoms with E-state index in [-0.39, 0.29) is 17.7 Å². The molecule has 128 valence electrons. The summed E-state index contributed by atoms with van der Waals surface area (Å²) in [4.78, 5) is 30.3. The third kappa shape index (κ3) is 3.58. The number of oxazole rings is 1. The lowest BCUT2D eigenvalue weighted by Crippen LogP contribution is -2.41. The Morgan fingerprint density at radius 1 is 1.38 bits per heavy atom. The van der Waals surface area contributed by atoms with E-state index in [4.69, 9.17) is 4.42 Å². The van der Waals surface area contributed by atoms with E-state index in [1.807, 2.05) is 18.7 Å². The van der Waals surface area contributed by atoms with Crippen LogP contribution in [-0.4, -0.2) is 41.3 Å². The first-order chi connectivity index (χ1) is 11.5. The average Bonchev–Trinajstić information content (AvgIpc) is 3.00. The van der Waals surface area contributed by atoms with E-state index in [0.717, 1.165) is 19.4 Å². The molecule has 2 amide bonds. The van der Waals surface area contributed by atoms with Crippen molar-refractivity contribution in [3.8, 4) is 0 Å². The topological polar surface area (TPSA) is 75.4 Å². The highest BCUT2D eigenvalue weighted by molar-refractivity contribution is 5.97. The summed E-state index contributed by atoms with van der Waals surface area (Å²) in [6, 6.07) is 5.25. The summed E-state index contributed by atoms with van der Waals surface area (Å²) >= 11 is 0. The van der Waals surface area contributed by atoms with Gasteiger partial charge in [0.15, 0.2) is 11.5 Å². The normalized spacial score (nSPS) is 15.3. The monoisotopic (exact) mass is 329 g/mol. The fourth-order valence-electron chi connectivity index (χ4n) is 2.84. The van der Waals surface area contributed by atoms with Crippen molar-refractivity contribution in [2.45, 2.75) is 39.0 Å². The van der Waals surface area contributed by atoms with Crippen molar-refractivity contribution >= 4 is 22.9 Å². The molecule has 1 fully saturated rings. The summed E-state index contributed by atoms with van der Waals surface area (Å²) < 4.78 is 5.65. The predicted molar refractivity (Wildman–Crippen MR) is 90.9 cm³/mol. The highest BCUT2D eigenvalue weighted by Gasteiger charge is 2.18. The molecule has 1 N–H and O–H groups in total. The smallest absolute Gasteiger partial charge is 0.251 e. The Bertz CT molecular complexity index is 751. The lowest BCUT2D eigenvalue weighted by molar-refractivity contribution is -0.133. The number of carbonyl (C=O) groups excluding carboxylic acids is 2. The first kappa shape index (κ1) is 16.5. The second kappa shape index (κ2) is 7.03. The summed E-state index contributed by atoms with van der Waals surface area (Å²) in [5, 5.41) is 2.87. The molecule has 0 aliphatic carbocycles. The molecule has 3 rings (SSSR count). The number of nitrogens with one attached hydrogen (secondary N) is 1. The molecule has 1 saturated heterocycles. The van der Waals surface area contributed by atoms with Crippen LogP contribution in [-0.2, 0) is 4.79 Å². The van der Waals surface area contributed by atoms with Gasteiger partial charge >= 0.3 is 0 Å². The van der Waals surface area contributed by atoms with Crippen molar-refractivity contribution in [3.05, 3.63) is 29.7 Å². The first-order valence-electron chi connectivity index (χ1n) is 8.51. The molecule has 6 heteroatoms. The molecule has 2 aromatic rings. The molecule has 0 spiro atoms. The van der Waals surface area contributed by atoms with Crippen LogP contribution in [0.4, 0.5) is 0 Å². The molecule has 24 heavy (non-hydrogen) atoms. The molecule has 0 atom stereocenters. The summed E-state index contributed by atoms with van der Waals surface area (Å²) in [6.07, 6.45) is 2.63. The molecule has 1 aromatic heterocycles. The molecule has 0 saturated carbocycles. The standard InChI is InChI=1S/C18H23N3O3/c1-12(2)18-20-14-11-13(6-7-15(14)24-18)17(23)19-8-10-21-9-4-3-5-16(21)22/h6-7,11-12H,3-5,8-10H2,1-2H3,(H,19,23). The number of nitrogens with zero attached hydrogens (tertiary/aromatic N) is 2. The summed E-state index contributed by atoms with van der Waals surface area (Å²) in [5.41, 5.74) is 1.93. The van der Waals surface area contributed by atoms with Crippen LogP contribution in [0, 0.1) is 0 Å². The van der Waals surface area contributed by atoms with Gasteiger partial charge in [0.1, 0.15) is 5.52 Å². The van der Waals surface area contributed by atoms with Crippen molar-refractivity contribution in [2.24, 2.45) is 0 Å². The minimum Gasteiger partial charge on any atom is -0.440 e. The fourth-order valence-corrected chi connectivity index (χ4v) is 2.84. The second-order valence-corrected chi connectivity index (χ2v) is 6.48. The molecule has 0 bridgehead atoms. The van der Waals surface area contributed by atoms with Crippen LogP contribution in [0.25, 0.3) is 11.1 Å². The van der Waals surface area contributed by atoms with E-state index in [0.29, 0.717) is 42.1 Å². The van der Waals surface area contributed by atoms with E-state index < -0.39 is 0 Å². The third-order valence-corrected chi connectivity index (χ3v) is 4.25. The Morgan fingerprint density at radius 2 is 2.21 bits per heavy atom. The molecule has 2 heterocycles. The average molecular weight is 329 g/mol. The summed E-state index contributed by atoms with van der Waals surface area (Å²) in [5.74, 6) is 0.902. The van der Waals surface area contributed by atoms with E-state index in [1.54, 1.807) is 18.2 Å². The van der Waals surface area contributed by atoms with Crippen LogP contribution >= 0.6 is 0 Å². The van der Waals surface area contributed by atoms with Crippen molar-refractivity contribution in [1.82, 2.24) is 15.2 Å². The van der Waals surface area contributed by atoms with Crippen molar-refractivity contribution in [2.75, 3.05) is 19.6 Å². The maximum atomic E-state index is 12.3. The number of benzene rings is 1. The molecule has 1 aromatic carbocycles. The number of hydrogen-bond donors (Lipinski definition) is 1. The molecule has 1 aliphatic heterocycles. The number of aromatic nitrogens is 1. The van der Waals surface area contributed by atoms with Gasteiger partial charge in [0.05, 0.1) is 0 Å². The Hall–Kier alpha value is -2.37. The summed E-state index contributed by atoms with van der Waals surface area (Å²) in [7, 11) is 0. The van der Waals surface area contributed by atoms with Crippen molar-refractivity contribution < 1.29 is 14.0 Å². The first-order valence-corrected chi connectivity index (χ1v) is 8.51. The van der Waals surface area contributed by atoms with Crippen LogP contribution in [0.3, 0.4) is 0 Å². The predicted octanol–water partition coefficient (Wildman–Crippen LogP) is 2.69. The van der Waals surface area contributed by atoms with Gasteiger partial charge in [-0.05, 0) is 31.0 Å². The number of piperidine rings is 1. The van der Waals surface area contributed by atoms with E-state index in [9.17, 15) is 9.59 Å². The highest BCUT2D eigenvalue weighted by atomic mass is 16.3. The van der Waals surface area contributed by atoms with Gasteiger partial charge in [0.25, 0.3) is 5.91 Å². The maximum absolute atomic E-state index is 12.3. The minimum absolute atomic E-state index is 0.157. The lowest BCUT2D eigenvalue weighted by atomic mass is 10.1. The molecular weight excluding hydrogens is 306 g/mol. The van der Waals surface area contributed by atoms with Crippen molar-refractivity contribution in [3.63, 3.8) is 0 Å². The van der Waals surface area contributed by atoms with E-state index >= 15 is 0 Å². The van der Waals surface area contributed by atoms with Crippen LogP contribution in [0.1, 0.15) is 55.3 Å². The van der Waals surface area contributed by atoms with Gasteiger partial charge in [-0.1, -0.05) is 13.8 Å². The van der Waals surface area contributed by atoms with Gasteiger partial charge in [-0.2, -0.15) is 0 Å². The molecule has 6 nitrogen and oxygen atoms in total. The zero-order valence-electron chi connectivity index (χ0n) is 14.2. The zero-order valence-corrected chi connectivity index (χ0v) is 14.2. The number of carbonyl (C=O) groups is 2. The van der Waals surface area contributed by atoms with Crippen LogP contribution < -0.4 is 5.32 Å². The number of rotatable bonds is 5. The van der Waals surface area contributed by atoms with Crippen LogP contribution in [0.2, 0.25) is 0 Å². The van der Waals surface area contributed by atoms with E-state index in [1.165, 1.54) is 0 Å². The van der Waals surface area contributed by atoms with Crippen molar-refractivity contribution in [1.29, 1.82) is 0 Å². The Balaban J connectivity index is 1.60. The molecule has 0 radical (unpaired) electrons. The Labute approximate surface area is 141 Å². The minimum atomic E-state index is -0.157. The Morgan fingerprint density at radius 3 is 2.96 bits per heavy atom. The largest absolute Gasteiger partial charge is 0.440 e. The van der Waals surface area contributed by atoms with Gasteiger partial charge in [-0.15, -0.1) is 0 Å².